The summed E-state index contributed by atoms with van der Waals surface area (Å²) >= 11 is 1.23. The summed E-state index contributed by atoms with van der Waals surface area (Å²) in [5.74, 6) is 1.68. The molecule has 1 aromatic heterocycles. The van der Waals surface area contributed by atoms with Crippen molar-refractivity contribution in [3.63, 3.8) is 0 Å². The minimum Gasteiger partial charge on any atom is -0.493 e. The molecule has 3 aromatic rings. The van der Waals surface area contributed by atoms with Crippen LogP contribution in [0, 0.1) is 10.1 Å². The second kappa shape index (κ2) is 10.3. The number of para-hydroxylation sites is 2. The molecule has 0 aliphatic rings. The molecule has 10 heteroatoms. The summed E-state index contributed by atoms with van der Waals surface area (Å²) in [5.41, 5.74) is 0.172. The summed E-state index contributed by atoms with van der Waals surface area (Å²) in [6.45, 7) is 5.86. The molecule has 168 valence electrons. The second-order valence-electron chi connectivity index (χ2n) is 7.23. The van der Waals surface area contributed by atoms with Gasteiger partial charge in [0.25, 0.3) is 5.69 Å². The number of ether oxygens (including phenoxy) is 2. The number of Topliss-reactive ketones (excluding diaryl/α,β-unsaturated/α-hetero) is 1. The predicted molar refractivity (Wildman–Crippen MR) is 121 cm³/mol. The number of rotatable bonds is 10. The molecule has 0 aliphatic carbocycles. The monoisotopic (exact) mass is 456 g/mol. The number of carbonyl (C=O) groups is 1. The van der Waals surface area contributed by atoms with Crippen molar-refractivity contribution >= 4 is 23.2 Å². The molecular weight excluding hydrogens is 432 g/mol. The molecular formula is C22H24N4O5S. The Kier molecular flexibility index (Phi) is 7.47. The fraction of sp³-hybridized carbons (Fsp3) is 0.318. The molecule has 0 N–H and O–H groups in total. The third-order valence-electron chi connectivity index (χ3n) is 4.66. The maximum atomic E-state index is 12.6. The number of carbonyl (C=O) groups excluding carboxylic acids is 1. The van der Waals surface area contributed by atoms with Crippen LogP contribution in [0.5, 0.6) is 11.5 Å². The van der Waals surface area contributed by atoms with Crippen molar-refractivity contribution in [3.8, 4) is 11.5 Å². The Morgan fingerprint density at radius 2 is 1.84 bits per heavy atom. The van der Waals surface area contributed by atoms with Gasteiger partial charge in [-0.3, -0.25) is 14.9 Å². The van der Waals surface area contributed by atoms with E-state index in [1.54, 1.807) is 13.2 Å². The van der Waals surface area contributed by atoms with Gasteiger partial charge in [-0.1, -0.05) is 36.0 Å². The number of benzene rings is 2. The fourth-order valence-corrected chi connectivity index (χ4v) is 4.08. The van der Waals surface area contributed by atoms with Crippen molar-refractivity contribution in [3.05, 3.63) is 70.0 Å². The highest BCUT2D eigenvalue weighted by molar-refractivity contribution is 7.99. The predicted octanol–water partition coefficient (Wildman–Crippen LogP) is 4.89. The molecule has 0 saturated heterocycles. The van der Waals surface area contributed by atoms with Gasteiger partial charge in [-0.05, 0) is 32.9 Å². The maximum Gasteiger partial charge on any atom is 0.270 e. The fourth-order valence-electron chi connectivity index (χ4n) is 3.12. The third-order valence-corrected chi connectivity index (χ3v) is 5.60. The van der Waals surface area contributed by atoms with E-state index in [1.807, 2.05) is 49.6 Å². The Morgan fingerprint density at radius 1 is 1.12 bits per heavy atom. The van der Waals surface area contributed by atoms with Crippen LogP contribution in [0.25, 0.3) is 0 Å². The van der Waals surface area contributed by atoms with E-state index in [4.69, 9.17) is 9.47 Å². The van der Waals surface area contributed by atoms with E-state index >= 15 is 0 Å². The molecule has 3 rings (SSSR count). The van der Waals surface area contributed by atoms with Gasteiger partial charge in [0, 0.05) is 23.7 Å². The van der Waals surface area contributed by atoms with Crippen LogP contribution in [-0.4, -0.2) is 38.3 Å². The Balaban J connectivity index is 1.76. The van der Waals surface area contributed by atoms with Gasteiger partial charge in [0.15, 0.2) is 34.4 Å². The molecule has 0 bridgehead atoms. The summed E-state index contributed by atoms with van der Waals surface area (Å²) in [6, 6.07) is 13.1. The first-order chi connectivity index (χ1) is 15.3. The highest BCUT2D eigenvalue weighted by atomic mass is 32.2. The average Bonchev–Trinajstić information content (AvgIpc) is 3.22. The molecule has 0 aliphatic heterocycles. The Hall–Kier alpha value is -3.40. The second-order valence-corrected chi connectivity index (χ2v) is 8.18. The lowest BCUT2D eigenvalue weighted by atomic mass is 10.1. The molecule has 0 spiro atoms. The van der Waals surface area contributed by atoms with Gasteiger partial charge in [-0.25, -0.2) is 0 Å². The van der Waals surface area contributed by atoms with E-state index in [0.717, 1.165) is 0 Å². The van der Waals surface area contributed by atoms with Gasteiger partial charge in [-0.2, -0.15) is 0 Å². The Morgan fingerprint density at radius 3 is 2.50 bits per heavy atom. The van der Waals surface area contributed by atoms with Crippen molar-refractivity contribution in [2.75, 3.05) is 12.9 Å². The topological polar surface area (TPSA) is 109 Å². The summed E-state index contributed by atoms with van der Waals surface area (Å²) in [6.07, 6.45) is -0.414. The van der Waals surface area contributed by atoms with Crippen molar-refractivity contribution in [1.29, 1.82) is 0 Å². The number of methoxy groups -OCH3 is 1. The summed E-state index contributed by atoms with van der Waals surface area (Å²) in [7, 11) is 1.58. The smallest absolute Gasteiger partial charge is 0.270 e. The lowest BCUT2D eigenvalue weighted by Crippen LogP contribution is -2.15. The van der Waals surface area contributed by atoms with Crippen LogP contribution in [0.1, 0.15) is 49.1 Å². The quantitative estimate of drug-likeness (QED) is 0.184. The lowest BCUT2D eigenvalue weighted by Gasteiger charge is -2.19. The van der Waals surface area contributed by atoms with Crippen LogP contribution in [-0.2, 0) is 0 Å². The standard InChI is InChI=1S/C22H24N4O5S/c1-14(2)25-21(15(3)31-20-11-6-5-10-19(20)30-4)23-24-22(25)32-13-18(27)16-8-7-9-17(12-16)26(28)29/h5-12,14-15H,13H2,1-4H3. The molecule has 0 radical (unpaired) electrons. The number of hydrogen-bond acceptors (Lipinski definition) is 8. The number of nitro groups is 1. The van der Waals surface area contributed by atoms with Crippen LogP contribution in [0.3, 0.4) is 0 Å². The molecule has 2 aromatic carbocycles. The normalized spacial score (nSPS) is 11.9. The van der Waals surface area contributed by atoms with Crippen LogP contribution in [0.4, 0.5) is 5.69 Å². The first kappa shape index (κ1) is 23.3. The zero-order chi connectivity index (χ0) is 23.3. The molecule has 0 saturated carbocycles. The number of nitrogens with zero attached hydrogens (tertiary/aromatic N) is 4. The molecule has 0 amide bonds. The molecule has 1 atom stereocenters. The van der Waals surface area contributed by atoms with E-state index in [2.05, 4.69) is 10.2 Å². The van der Waals surface area contributed by atoms with E-state index < -0.39 is 11.0 Å². The van der Waals surface area contributed by atoms with E-state index in [9.17, 15) is 14.9 Å². The highest BCUT2D eigenvalue weighted by Crippen LogP contribution is 2.32. The Labute approximate surface area is 189 Å². The zero-order valence-corrected chi connectivity index (χ0v) is 19.0. The number of aromatic nitrogens is 3. The number of nitro benzene ring substituents is 1. The van der Waals surface area contributed by atoms with E-state index in [-0.39, 0.29) is 28.8 Å². The summed E-state index contributed by atoms with van der Waals surface area (Å²) in [5, 5.41) is 20.1. The van der Waals surface area contributed by atoms with Crippen LogP contribution in [0.15, 0.2) is 53.7 Å². The number of thioether (sulfide) groups is 1. The first-order valence-corrected chi connectivity index (χ1v) is 10.9. The zero-order valence-electron chi connectivity index (χ0n) is 18.2. The molecule has 0 fully saturated rings. The van der Waals surface area contributed by atoms with E-state index in [0.29, 0.717) is 22.5 Å². The molecule has 9 nitrogen and oxygen atoms in total. The molecule has 1 heterocycles. The van der Waals surface area contributed by atoms with Crippen molar-refractivity contribution in [2.45, 2.75) is 38.1 Å². The molecule has 1 unspecified atom stereocenters. The average molecular weight is 457 g/mol. The number of hydrogen-bond donors (Lipinski definition) is 0. The van der Waals surface area contributed by atoms with Crippen molar-refractivity contribution < 1.29 is 19.2 Å². The highest BCUT2D eigenvalue weighted by Gasteiger charge is 2.23. The van der Waals surface area contributed by atoms with Crippen molar-refractivity contribution in [1.82, 2.24) is 14.8 Å². The van der Waals surface area contributed by atoms with Gasteiger partial charge in [0.1, 0.15) is 0 Å². The van der Waals surface area contributed by atoms with Gasteiger partial charge < -0.3 is 14.0 Å². The third kappa shape index (κ3) is 5.25. The lowest BCUT2D eigenvalue weighted by molar-refractivity contribution is -0.384. The summed E-state index contributed by atoms with van der Waals surface area (Å²) in [4.78, 5) is 23.0. The first-order valence-electron chi connectivity index (χ1n) is 9.96. The van der Waals surface area contributed by atoms with Gasteiger partial charge in [0.2, 0.25) is 0 Å². The number of ketones is 1. The molecule has 32 heavy (non-hydrogen) atoms. The minimum atomic E-state index is -0.519. The van der Waals surface area contributed by atoms with Crippen LogP contribution < -0.4 is 9.47 Å². The Bertz CT molecular complexity index is 1120. The SMILES string of the molecule is COc1ccccc1OC(C)c1nnc(SCC(=O)c2cccc([N+](=O)[O-])c2)n1C(C)C. The van der Waals surface area contributed by atoms with Crippen molar-refractivity contribution in [2.24, 2.45) is 0 Å². The van der Waals surface area contributed by atoms with Gasteiger partial charge in [0.05, 0.1) is 17.8 Å². The maximum absolute atomic E-state index is 12.6. The summed E-state index contributed by atoms with van der Waals surface area (Å²) < 4.78 is 13.3. The minimum absolute atomic E-state index is 0.0270. The van der Waals surface area contributed by atoms with Gasteiger partial charge in [-0.15, -0.1) is 10.2 Å². The van der Waals surface area contributed by atoms with E-state index in [1.165, 1.54) is 30.0 Å². The van der Waals surface area contributed by atoms with Crippen LogP contribution in [0.2, 0.25) is 0 Å². The largest absolute Gasteiger partial charge is 0.493 e. The van der Waals surface area contributed by atoms with Gasteiger partial charge >= 0.3 is 0 Å². The van der Waals surface area contributed by atoms with Crippen LogP contribution >= 0.6 is 11.8 Å². The number of non-ortho nitro benzene ring substituents is 1.